The van der Waals surface area contributed by atoms with Crippen LogP contribution in [0.4, 0.5) is 10.1 Å². The van der Waals surface area contributed by atoms with Crippen LogP contribution in [-0.2, 0) is 11.3 Å². The van der Waals surface area contributed by atoms with E-state index in [2.05, 4.69) is 22.0 Å². The van der Waals surface area contributed by atoms with Gasteiger partial charge < -0.3 is 14.8 Å². The Morgan fingerprint density at radius 1 is 1.04 bits per heavy atom. The van der Waals surface area contributed by atoms with E-state index in [4.69, 9.17) is 0 Å². The molecule has 1 N–H and O–H groups in total. The van der Waals surface area contributed by atoms with Gasteiger partial charge in [-0.1, -0.05) is 18.2 Å². The third-order valence-corrected chi connectivity index (χ3v) is 4.78. The van der Waals surface area contributed by atoms with Gasteiger partial charge in [-0.05, 0) is 30.3 Å². The van der Waals surface area contributed by atoms with Crippen molar-refractivity contribution in [3.63, 3.8) is 0 Å². The number of fused-ring (bicyclic) bond motifs is 1. The van der Waals surface area contributed by atoms with Crippen molar-refractivity contribution in [2.75, 3.05) is 31.1 Å². The average molecular weight is 354 g/mol. The number of para-hydroxylation sites is 1. The molecule has 7 heteroatoms. The number of halogens is 1. The van der Waals surface area contributed by atoms with E-state index in [0.29, 0.717) is 24.1 Å². The number of anilines is 1. The molecular weight excluding hydrogens is 335 g/mol. The number of amides is 1. The van der Waals surface area contributed by atoms with E-state index in [1.165, 1.54) is 22.8 Å². The highest BCUT2D eigenvalue weighted by atomic mass is 19.1. The van der Waals surface area contributed by atoms with E-state index in [1.807, 2.05) is 18.2 Å². The van der Waals surface area contributed by atoms with Crippen LogP contribution in [0.25, 0.3) is 11.0 Å². The number of nitrogens with zero attached hydrogens (tertiary/aromatic N) is 3. The van der Waals surface area contributed by atoms with Gasteiger partial charge in [-0.15, -0.1) is 0 Å². The van der Waals surface area contributed by atoms with Crippen LogP contribution in [0.2, 0.25) is 0 Å². The Kier molecular flexibility index (Phi) is 4.20. The zero-order valence-corrected chi connectivity index (χ0v) is 14.2. The van der Waals surface area contributed by atoms with E-state index in [-0.39, 0.29) is 12.5 Å². The lowest BCUT2D eigenvalue weighted by Crippen LogP contribution is -2.50. The number of rotatable bonds is 3. The largest absolute Gasteiger partial charge is 0.368 e. The van der Waals surface area contributed by atoms with Crippen LogP contribution in [0.15, 0.2) is 53.3 Å². The summed E-state index contributed by atoms with van der Waals surface area (Å²) in [7, 11) is 0. The maximum absolute atomic E-state index is 13.3. The molecule has 3 aromatic rings. The maximum atomic E-state index is 13.3. The molecule has 0 saturated carbocycles. The third-order valence-electron chi connectivity index (χ3n) is 4.78. The number of hydrogen-bond acceptors (Lipinski definition) is 3. The van der Waals surface area contributed by atoms with E-state index in [9.17, 15) is 14.0 Å². The number of aromatic amines is 1. The molecule has 0 atom stereocenters. The van der Waals surface area contributed by atoms with Crippen LogP contribution in [0.3, 0.4) is 0 Å². The molecule has 1 aromatic heterocycles. The van der Waals surface area contributed by atoms with Crippen molar-refractivity contribution in [3.8, 4) is 0 Å². The van der Waals surface area contributed by atoms with Crippen molar-refractivity contribution < 1.29 is 9.18 Å². The fraction of sp³-hybridized carbons (Fsp3) is 0.263. The van der Waals surface area contributed by atoms with E-state index in [1.54, 1.807) is 4.90 Å². The summed E-state index contributed by atoms with van der Waals surface area (Å²) in [6, 6.07) is 14.2. The molecule has 0 unspecified atom stereocenters. The first-order valence-electron chi connectivity index (χ1n) is 8.58. The van der Waals surface area contributed by atoms with Crippen molar-refractivity contribution in [2.24, 2.45) is 0 Å². The molecule has 0 spiro atoms. The third kappa shape index (κ3) is 3.08. The van der Waals surface area contributed by atoms with Crippen molar-refractivity contribution >= 4 is 22.6 Å². The Bertz CT molecular complexity index is 988. The molecule has 0 radical (unpaired) electrons. The topological polar surface area (TPSA) is 61.3 Å². The molecule has 2 aromatic carbocycles. The predicted molar refractivity (Wildman–Crippen MR) is 97.8 cm³/mol. The summed E-state index contributed by atoms with van der Waals surface area (Å²) in [5.41, 5.74) is 1.68. The number of imidazole rings is 1. The predicted octanol–water partition coefficient (Wildman–Crippen LogP) is 1.82. The Balaban J connectivity index is 1.45. The van der Waals surface area contributed by atoms with Crippen LogP contribution >= 0.6 is 0 Å². The van der Waals surface area contributed by atoms with Gasteiger partial charge in [-0.2, -0.15) is 0 Å². The summed E-state index contributed by atoms with van der Waals surface area (Å²) in [5.74, 6) is -0.528. The summed E-state index contributed by atoms with van der Waals surface area (Å²) in [6.45, 7) is 2.68. The first-order chi connectivity index (χ1) is 12.6. The lowest BCUT2D eigenvalue weighted by molar-refractivity contribution is -0.132. The Morgan fingerprint density at radius 3 is 2.50 bits per heavy atom. The normalized spacial score (nSPS) is 14.8. The molecule has 6 nitrogen and oxygen atoms in total. The minimum Gasteiger partial charge on any atom is -0.368 e. The van der Waals surface area contributed by atoms with E-state index >= 15 is 0 Å². The van der Waals surface area contributed by atoms with Crippen LogP contribution in [0, 0.1) is 5.82 Å². The number of nitrogens with one attached hydrogen (secondary N) is 1. The highest BCUT2D eigenvalue weighted by molar-refractivity contribution is 5.80. The number of aromatic nitrogens is 2. The molecule has 26 heavy (non-hydrogen) atoms. The van der Waals surface area contributed by atoms with E-state index in [0.717, 1.165) is 18.8 Å². The second-order valence-corrected chi connectivity index (χ2v) is 6.38. The minimum absolute atomic E-state index is 0.0458. The number of piperazine rings is 1. The number of H-pyrrole nitrogens is 1. The molecule has 1 aliphatic rings. The van der Waals surface area contributed by atoms with Gasteiger partial charge in [0.2, 0.25) is 5.91 Å². The summed E-state index contributed by atoms with van der Waals surface area (Å²) >= 11 is 0. The number of benzene rings is 2. The second-order valence-electron chi connectivity index (χ2n) is 6.38. The summed E-state index contributed by atoms with van der Waals surface area (Å²) < 4.78 is 14.7. The van der Waals surface area contributed by atoms with Crippen molar-refractivity contribution in [2.45, 2.75) is 6.54 Å². The molecule has 4 rings (SSSR count). The van der Waals surface area contributed by atoms with Crippen LogP contribution in [0.1, 0.15) is 0 Å². The SMILES string of the molecule is O=C(Cn1c(=O)[nH]c2cc(F)ccc21)N1CCN(c2ccccc2)CC1. The number of hydrogen-bond donors (Lipinski definition) is 1. The van der Waals surface area contributed by atoms with Crippen LogP contribution in [0.5, 0.6) is 0 Å². The Hall–Kier alpha value is -3.09. The summed E-state index contributed by atoms with van der Waals surface area (Å²) in [6.07, 6.45) is 0. The zero-order valence-electron chi connectivity index (χ0n) is 14.2. The van der Waals surface area contributed by atoms with Gasteiger partial charge in [-0.25, -0.2) is 9.18 Å². The van der Waals surface area contributed by atoms with Gasteiger partial charge in [0.25, 0.3) is 0 Å². The number of carbonyl (C=O) groups excluding carboxylic acids is 1. The monoisotopic (exact) mass is 354 g/mol. The number of carbonyl (C=O) groups is 1. The summed E-state index contributed by atoms with van der Waals surface area (Å²) in [4.78, 5) is 31.3. The molecule has 1 amide bonds. The minimum atomic E-state index is -0.422. The molecule has 1 fully saturated rings. The average Bonchev–Trinajstić information content (AvgIpc) is 2.97. The second kappa shape index (κ2) is 6.67. The maximum Gasteiger partial charge on any atom is 0.326 e. The zero-order chi connectivity index (χ0) is 18.1. The van der Waals surface area contributed by atoms with Crippen molar-refractivity contribution in [1.82, 2.24) is 14.5 Å². The van der Waals surface area contributed by atoms with E-state index < -0.39 is 11.5 Å². The molecule has 0 bridgehead atoms. The molecule has 1 aliphatic heterocycles. The van der Waals surface area contributed by atoms with Crippen molar-refractivity contribution in [1.29, 1.82) is 0 Å². The fourth-order valence-corrected chi connectivity index (χ4v) is 3.38. The van der Waals surface area contributed by atoms with Gasteiger partial charge in [0.15, 0.2) is 0 Å². The van der Waals surface area contributed by atoms with Gasteiger partial charge in [0, 0.05) is 31.9 Å². The lowest BCUT2D eigenvalue weighted by atomic mass is 10.2. The first-order valence-corrected chi connectivity index (χ1v) is 8.58. The van der Waals surface area contributed by atoms with Crippen LogP contribution < -0.4 is 10.6 Å². The quantitative estimate of drug-likeness (QED) is 0.780. The smallest absolute Gasteiger partial charge is 0.326 e. The highest BCUT2D eigenvalue weighted by Gasteiger charge is 2.22. The summed E-state index contributed by atoms with van der Waals surface area (Å²) in [5, 5.41) is 0. The van der Waals surface area contributed by atoms with Crippen molar-refractivity contribution in [3.05, 3.63) is 64.8 Å². The van der Waals surface area contributed by atoms with Gasteiger partial charge in [0.1, 0.15) is 12.4 Å². The highest BCUT2D eigenvalue weighted by Crippen LogP contribution is 2.16. The standard InChI is InChI=1S/C19H19FN4O2/c20-14-6-7-17-16(12-14)21-19(26)24(17)13-18(25)23-10-8-22(9-11-23)15-4-2-1-3-5-15/h1-7,12H,8-11,13H2,(H,21,26). The molecular formula is C19H19FN4O2. The first kappa shape index (κ1) is 16.4. The lowest BCUT2D eigenvalue weighted by Gasteiger charge is -2.36. The van der Waals surface area contributed by atoms with Gasteiger partial charge in [-0.3, -0.25) is 9.36 Å². The Morgan fingerprint density at radius 2 is 1.77 bits per heavy atom. The molecule has 1 saturated heterocycles. The fourth-order valence-electron chi connectivity index (χ4n) is 3.38. The van der Waals surface area contributed by atoms with Gasteiger partial charge >= 0.3 is 5.69 Å². The molecule has 2 heterocycles. The van der Waals surface area contributed by atoms with Crippen LogP contribution in [-0.4, -0.2) is 46.5 Å². The van der Waals surface area contributed by atoms with Gasteiger partial charge in [0.05, 0.1) is 11.0 Å². The molecule has 134 valence electrons. The molecule has 0 aliphatic carbocycles. The Labute approximate surface area is 149 Å².